The fourth-order valence-electron chi connectivity index (χ4n) is 2.09. The van der Waals surface area contributed by atoms with Gasteiger partial charge in [-0.1, -0.05) is 0 Å². The first-order valence-corrected chi connectivity index (χ1v) is 6.81. The molecule has 1 aliphatic carbocycles. The SMILES string of the molecule is CC(CC#N)NC(=O)c1cc2c(s1)CCCC2. The van der Waals surface area contributed by atoms with Crippen LogP contribution in [-0.2, 0) is 12.8 Å². The first kappa shape index (κ1) is 12.1. The lowest BCUT2D eigenvalue weighted by Gasteiger charge is -2.08. The van der Waals surface area contributed by atoms with Crippen molar-refractivity contribution in [3.05, 3.63) is 21.4 Å². The lowest BCUT2D eigenvalue weighted by Crippen LogP contribution is -2.31. The molecule has 90 valence electrons. The van der Waals surface area contributed by atoms with E-state index in [0.29, 0.717) is 6.42 Å². The number of nitrogens with zero attached hydrogens (tertiary/aromatic N) is 1. The molecule has 1 aromatic rings. The molecule has 1 aliphatic rings. The molecule has 0 spiro atoms. The molecule has 1 heterocycles. The molecule has 0 bridgehead atoms. The Morgan fingerprint density at radius 3 is 3.06 bits per heavy atom. The Hall–Kier alpha value is -1.34. The minimum Gasteiger partial charge on any atom is -0.348 e. The first-order chi connectivity index (χ1) is 8.20. The van der Waals surface area contributed by atoms with Gasteiger partial charge in [0.25, 0.3) is 5.91 Å². The number of carbonyl (C=O) groups is 1. The van der Waals surface area contributed by atoms with Gasteiger partial charge in [0.05, 0.1) is 17.4 Å². The minimum atomic E-state index is -0.0772. The number of thiophene rings is 1. The lowest BCUT2D eigenvalue weighted by atomic mass is 9.99. The highest BCUT2D eigenvalue weighted by Gasteiger charge is 2.18. The van der Waals surface area contributed by atoms with Gasteiger partial charge in [-0.05, 0) is 44.2 Å². The van der Waals surface area contributed by atoms with E-state index in [0.717, 1.165) is 17.7 Å². The summed E-state index contributed by atoms with van der Waals surface area (Å²) in [5, 5.41) is 11.4. The van der Waals surface area contributed by atoms with Gasteiger partial charge < -0.3 is 5.32 Å². The van der Waals surface area contributed by atoms with Gasteiger partial charge in [0, 0.05) is 10.9 Å². The van der Waals surface area contributed by atoms with E-state index in [1.165, 1.54) is 23.3 Å². The van der Waals surface area contributed by atoms with Crippen LogP contribution in [0, 0.1) is 11.3 Å². The number of hydrogen-bond donors (Lipinski definition) is 1. The molecule has 0 fully saturated rings. The predicted octanol–water partition coefficient (Wildman–Crippen LogP) is 2.66. The Morgan fingerprint density at radius 1 is 1.59 bits per heavy atom. The second-order valence-corrected chi connectivity index (χ2v) is 5.64. The Labute approximate surface area is 105 Å². The molecule has 0 saturated carbocycles. The van der Waals surface area contributed by atoms with Crippen LogP contribution < -0.4 is 5.32 Å². The number of fused-ring (bicyclic) bond motifs is 1. The standard InChI is InChI=1S/C13H16N2OS/c1-9(6-7-14)15-13(16)12-8-10-4-2-3-5-11(10)17-12/h8-9H,2-6H2,1H3,(H,15,16). The predicted molar refractivity (Wildman–Crippen MR) is 68.1 cm³/mol. The molecule has 2 rings (SSSR count). The van der Waals surface area contributed by atoms with Gasteiger partial charge in [-0.15, -0.1) is 11.3 Å². The second-order valence-electron chi connectivity index (χ2n) is 4.50. The topological polar surface area (TPSA) is 52.9 Å². The van der Waals surface area contributed by atoms with Gasteiger partial charge in [-0.25, -0.2) is 0 Å². The highest BCUT2D eigenvalue weighted by atomic mass is 32.1. The van der Waals surface area contributed by atoms with Crippen LogP contribution >= 0.6 is 11.3 Å². The molecule has 17 heavy (non-hydrogen) atoms. The Balaban J connectivity index is 2.04. The smallest absolute Gasteiger partial charge is 0.261 e. The van der Waals surface area contributed by atoms with Crippen molar-refractivity contribution in [2.75, 3.05) is 0 Å². The molecular formula is C13H16N2OS. The monoisotopic (exact) mass is 248 g/mol. The van der Waals surface area contributed by atoms with Crippen molar-refractivity contribution in [2.45, 2.75) is 45.1 Å². The summed E-state index contributed by atoms with van der Waals surface area (Å²) < 4.78 is 0. The maximum absolute atomic E-state index is 11.9. The number of hydrogen-bond acceptors (Lipinski definition) is 3. The molecule has 3 nitrogen and oxygen atoms in total. The van der Waals surface area contributed by atoms with Crippen LogP contribution in [0.2, 0.25) is 0 Å². The van der Waals surface area contributed by atoms with E-state index in [4.69, 9.17) is 5.26 Å². The summed E-state index contributed by atoms with van der Waals surface area (Å²) in [6, 6.07) is 4.01. The zero-order chi connectivity index (χ0) is 12.3. The van der Waals surface area contributed by atoms with Crippen molar-refractivity contribution < 1.29 is 4.79 Å². The highest BCUT2D eigenvalue weighted by molar-refractivity contribution is 7.14. The van der Waals surface area contributed by atoms with E-state index in [-0.39, 0.29) is 11.9 Å². The van der Waals surface area contributed by atoms with E-state index < -0.39 is 0 Å². The van der Waals surface area contributed by atoms with Crippen LogP contribution in [0.1, 0.15) is 46.3 Å². The van der Waals surface area contributed by atoms with Crippen molar-refractivity contribution >= 4 is 17.2 Å². The zero-order valence-electron chi connectivity index (χ0n) is 9.95. The highest BCUT2D eigenvalue weighted by Crippen LogP contribution is 2.29. The average molecular weight is 248 g/mol. The van der Waals surface area contributed by atoms with Crippen LogP contribution in [-0.4, -0.2) is 11.9 Å². The largest absolute Gasteiger partial charge is 0.348 e. The molecule has 0 aliphatic heterocycles. The van der Waals surface area contributed by atoms with Crippen LogP contribution in [0.4, 0.5) is 0 Å². The molecule has 1 atom stereocenters. The summed E-state index contributed by atoms with van der Waals surface area (Å²) in [5.74, 6) is -0.0350. The van der Waals surface area contributed by atoms with E-state index in [1.54, 1.807) is 11.3 Å². The number of aryl methyl sites for hydroxylation is 2. The summed E-state index contributed by atoms with van der Waals surface area (Å²) in [5.41, 5.74) is 1.35. The summed E-state index contributed by atoms with van der Waals surface area (Å²) in [7, 11) is 0. The first-order valence-electron chi connectivity index (χ1n) is 6.00. The van der Waals surface area contributed by atoms with Crippen molar-refractivity contribution in [1.29, 1.82) is 5.26 Å². The number of carbonyl (C=O) groups excluding carboxylic acids is 1. The van der Waals surface area contributed by atoms with Crippen molar-refractivity contribution in [2.24, 2.45) is 0 Å². The van der Waals surface area contributed by atoms with Crippen molar-refractivity contribution in [3.63, 3.8) is 0 Å². The van der Waals surface area contributed by atoms with E-state index in [9.17, 15) is 4.79 Å². The molecule has 0 aromatic carbocycles. The van der Waals surface area contributed by atoms with Gasteiger partial charge in [0.2, 0.25) is 0 Å². The second kappa shape index (κ2) is 5.33. The van der Waals surface area contributed by atoms with Crippen LogP contribution in [0.5, 0.6) is 0 Å². The van der Waals surface area contributed by atoms with Crippen molar-refractivity contribution in [1.82, 2.24) is 5.32 Å². The molecule has 1 N–H and O–H groups in total. The summed E-state index contributed by atoms with van der Waals surface area (Å²) >= 11 is 1.61. The Morgan fingerprint density at radius 2 is 2.35 bits per heavy atom. The summed E-state index contributed by atoms with van der Waals surface area (Å²) in [6.45, 7) is 1.86. The molecule has 4 heteroatoms. The van der Waals surface area contributed by atoms with Gasteiger partial charge in [0.1, 0.15) is 0 Å². The van der Waals surface area contributed by atoms with E-state index in [1.807, 2.05) is 13.0 Å². The summed E-state index contributed by atoms with van der Waals surface area (Å²) in [6.07, 6.45) is 5.04. The van der Waals surface area contributed by atoms with Crippen molar-refractivity contribution in [3.8, 4) is 6.07 Å². The molecular weight excluding hydrogens is 232 g/mol. The Kier molecular flexibility index (Phi) is 3.80. The number of amides is 1. The normalized spacial score (nSPS) is 15.8. The Bertz CT molecular complexity index is 435. The third-order valence-corrected chi connectivity index (χ3v) is 4.23. The van der Waals surface area contributed by atoms with Crippen LogP contribution in [0.3, 0.4) is 0 Å². The minimum absolute atomic E-state index is 0.0350. The van der Waals surface area contributed by atoms with Gasteiger partial charge in [-0.3, -0.25) is 4.79 Å². The lowest BCUT2D eigenvalue weighted by molar-refractivity contribution is 0.0945. The van der Waals surface area contributed by atoms with Crippen LogP contribution in [0.25, 0.3) is 0 Å². The van der Waals surface area contributed by atoms with E-state index in [2.05, 4.69) is 11.4 Å². The molecule has 1 aromatic heterocycles. The van der Waals surface area contributed by atoms with Gasteiger partial charge in [-0.2, -0.15) is 5.26 Å². The van der Waals surface area contributed by atoms with E-state index >= 15 is 0 Å². The number of rotatable bonds is 3. The maximum atomic E-state index is 11.9. The van der Waals surface area contributed by atoms with Gasteiger partial charge >= 0.3 is 0 Å². The zero-order valence-corrected chi connectivity index (χ0v) is 10.8. The average Bonchev–Trinajstić information content (AvgIpc) is 2.72. The van der Waals surface area contributed by atoms with Crippen LogP contribution in [0.15, 0.2) is 6.07 Å². The third-order valence-electron chi connectivity index (χ3n) is 3.00. The molecule has 1 unspecified atom stereocenters. The summed E-state index contributed by atoms with van der Waals surface area (Å²) in [4.78, 5) is 14.1. The third kappa shape index (κ3) is 2.86. The quantitative estimate of drug-likeness (QED) is 0.894. The number of nitrogens with one attached hydrogen (secondary N) is 1. The molecule has 0 radical (unpaired) electrons. The molecule has 1 amide bonds. The molecule has 0 saturated heterocycles. The fraction of sp³-hybridized carbons (Fsp3) is 0.538. The fourth-order valence-corrected chi connectivity index (χ4v) is 3.24. The maximum Gasteiger partial charge on any atom is 0.261 e. The number of nitriles is 1. The van der Waals surface area contributed by atoms with Gasteiger partial charge in [0.15, 0.2) is 0 Å².